The van der Waals surface area contributed by atoms with Gasteiger partial charge in [0.15, 0.2) is 0 Å². The molecule has 0 heterocycles. The predicted molar refractivity (Wildman–Crippen MR) is 147 cm³/mol. The van der Waals surface area contributed by atoms with Crippen molar-refractivity contribution in [1.82, 2.24) is 0 Å². The molecule has 9 atom stereocenters. The monoisotopic (exact) mass is 1200 g/mol. The van der Waals surface area contributed by atoms with Crippen molar-refractivity contribution in [3.8, 4) is 0 Å². The third-order valence-electron chi connectivity index (χ3n) is 11.2. The maximum atomic E-state index is 12.4. The Hall–Kier alpha value is 2.89. The van der Waals surface area contributed by atoms with E-state index in [4.69, 9.17) is 4.74 Å². The van der Waals surface area contributed by atoms with Crippen LogP contribution in [-0.4, -0.2) is 45.7 Å². The number of aliphatic hydroxyl groups excluding tert-OH is 3. The molecule has 5 nitrogen and oxygen atoms in total. The van der Waals surface area contributed by atoms with Crippen LogP contribution in [-0.2, 0) is 9.53 Å². The molecular weight excluding hydrogens is 1150 g/mol. The Morgan fingerprint density at radius 3 is 2.25 bits per heavy atom. The van der Waals surface area contributed by atoms with Crippen LogP contribution >= 0.6 is 0 Å². The fourth-order valence-corrected chi connectivity index (χ4v) is 9.06. The Morgan fingerprint density at radius 1 is 1.10 bits per heavy atom. The predicted octanol–water partition coefficient (Wildman–Crippen LogP) is 5.74. The van der Waals surface area contributed by atoms with Gasteiger partial charge in [0.1, 0.15) is 12.2 Å². The van der Waals surface area contributed by atoms with Gasteiger partial charge in [0.05, 0.1) is 12.2 Å². The van der Waals surface area contributed by atoms with Gasteiger partial charge in [-0.05, 0) is 89.7 Å². The van der Waals surface area contributed by atoms with E-state index in [0.29, 0.717) is 18.3 Å². The number of allylic oxidation sites excluding steroid dienone is 3. The number of esters is 1. The van der Waals surface area contributed by atoms with Crippen LogP contribution in [0.4, 0.5) is 0 Å². The van der Waals surface area contributed by atoms with Gasteiger partial charge in [-0.25, -0.2) is 0 Å². The topological polar surface area (TPSA) is 87.0 Å². The molecule has 0 aliphatic heterocycles. The Morgan fingerprint density at radius 2 is 1.70 bits per heavy atom. The minimum atomic E-state index is -0.939. The molecular formula is C32H50Ac3O5. The minimum absolute atomic E-state index is 0. The molecule has 0 spiro atoms. The zero-order chi connectivity index (χ0) is 27.7. The molecule has 0 aromatic rings. The Labute approximate surface area is 350 Å². The quantitative estimate of drug-likeness (QED) is 0.234. The molecule has 6 unspecified atom stereocenters. The van der Waals surface area contributed by atoms with Crippen LogP contribution in [0.1, 0.15) is 93.9 Å². The summed E-state index contributed by atoms with van der Waals surface area (Å²) in [6.07, 6.45) is 4.08. The number of aliphatic hydroxyl groups is 3. The van der Waals surface area contributed by atoms with Gasteiger partial charge >= 0.3 is 5.97 Å². The van der Waals surface area contributed by atoms with E-state index in [9.17, 15) is 20.1 Å². The van der Waals surface area contributed by atoms with Crippen LogP contribution in [0.3, 0.4) is 0 Å². The summed E-state index contributed by atoms with van der Waals surface area (Å²) in [6, 6.07) is 0. The van der Waals surface area contributed by atoms with E-state index >= 15 is 0 Å². The van der Waals surface area contributed by atoms with Gasteiger partial charge in [-0.15, -0.1) is 0 Å². The van der Waals surface area contributed by atoms with Crippen molar-refractivity contribution in [3.05, 3.63) is 34.9 Å². The maximum Gasteiger partial charge on any atom is 0.303 e. The summed E-state index contributed by atoms with van der Waals surface area (Å²) in [4.78, 5) is 12.4. The van der Waals surface area contributed by atoms with Crippen LogP contribution in [0, 0.1) is 172 Å². The van der Waals surface area contributed by atoms with Crippen molar-refractivity contribution in [2.24, 2.45) is 39.9 Å². The fourth-order valence-electron chi connectivity index (χ4n) is 9.06. The number of hydrogen-bond donors (Lipinski definition) is 3. The van der Waals surface area contributed by atoms with Crippen LogP contribution in [0.25, 0.3) is 0 Å². The number of fused-ring (bicyclic) bond motifs is 4. The van der Waals surface area contributed by atoms with E-state index in [1.807, 2.05) is 13.8 Å². The molecule has 4 rings (SSSR count). The summed E-state index contributed by atoms with van der Waals surface area (Å²) in [6.45, 7) is 20.8. The van der Waals surface area contributed by atoms with Crippen molar-refractivity contribution in [2.45, 2.75) is 118 Å². The third-order valence-corrected chi connectivity index (χ3v) is 11.2. The molecule has 0 aromatic carbocycles. The summed E-state index contributed by atoms with van der Waals surface area (Å²) in [5, 5.41) is 33.9. The summed E-state index contributed by atoms with van der Waals surface area (Å²) >= 11 is 0. The first-order chi connectivity index (χ1) is 17.1. The number of hydrogen-bond acceptors (Lipinski definition) is 5. The van der Waals surface area contributed by atoms with Crippen molar-refractivity contribution < 1.29 is 157 Å². The summed E-state index contributed by atoms with van der Waals surface area (Å²) in [5.41, 5.74) is 3.17. The molecule has 8 heteroatoms. The van der Waals surface area contributed by atoms with Crippen molar-refractivity contribution in [3.63, 3.8) is 0 Å². The zero-order valence-corrected chi connectivity index (χ0v) is 40.3. The zero-order valence-electron chi connectivity index (χ0n) is 26.0. The second-order valence-electron chi connectivity index (χ2n) is 14.0. The van der Waals surface area contributed by atoms with Crippen molar-refractivity contribution in [2.75, 3.05) is 0 Å². The molecule has 0 bridgehead atoms. The molecule has 0 saturated heterocycles. The molecule has 40 heavy (non-hydrogen) atoms. The van der Waals surface area contributed by atoms with E-state index in [1.54, 1.807) is 0 Å². The average molecular weight is 1200 g/mol. The third kappa shape index (κ3) is 6.93. The standard InChI is InChI=1S/C32H50O5.3Ac/c1-17(2)18(3)10-11-19(4)22-13-14-23-21-12-15-25-30(6,7)28(36)24(34)16-31(25,8)26(21)27(35)29(32(22,23)9)37-20(5)33;;;/h14,17,19,22,24-25,27-29,34-36H,3,10-13,15-16H2,1-2,4-9H3;;;/t19-,22-,24?,25?,27?,28?,29?,31?,32-;;;/m1.../s1. The molecule has 217 valence electrons. The molecule has 0 amide bonds. The molecule has 4 aliphatic carbocycles. The number of rotatable bonds is 6. The van der Waals surface area contributed by atoms with Crippen LogP contribution in [0.2, 0.25) is 0 Å². The number of carbonyl (C=O) groups excluding carboxylic acids is 1. The van der Waals surface area contributed by atoms with Gasteiger partial charge in [-0.3, -0.25) is 4.79 Å². The maximum absolute atomic E-state index is 12.4. The fraction of sp³-hybridized carbons (Fsp3) is 0.781. The summed E-state index contributed by atoms with van der Waals surface area (Å²) < 4.78 is 6.04. The van der Waals surface area contributed by atoms with Gasteiger partial charge < -0.3 is 20.1 Å². The molecule has 0 aromatic heterocycles. The Kier molecular flexibility index (Phi) is 15.5. The smallest absolute Gasteiger partial charge is 0.303 e. The summed E-state index contributed by atoms with van der Waals surface area (Å²) in [5.74, 6) is 0.808. The molecule has 1 saturated carbocycles. The van der Waals surface area contributed by atoms with Crippen LogP contribution in [0.15, 0.2) is 34.9 Å². The van der Waals surface area contributed by atoms with Crippen LogP contribution < -0.4 is 0 Å². The van der Waals surface area contributed by atoms with Gasteiger partial charge in [0.25, 0.3) is 0 Å². The van der Waals surface area contributed by atoms with E-state index in [0.717, 1.165) is 37.7 Å². The molecule has 3 radical (unpaired) electrons. The number of ether oxygens (including phenoxy) is 1. The largest absolute Gasteiger partial charge is 0.458 e. The van der Waals surface area contributed by atoms with E-state index in [1.165, 1.54) is 23.6 Å². The second kappa shape index (κ2) is 15.2. The van der Waals surface area contributed by atoms with E-state index < -0.39 is 40.7 Å². The second-order valence-corrected chi connectivity index (χ2v) is 14.0. The van der Waals surface area contributed by atoms with E-state index in [-0.39, 0.29) is 150 Å². The Balaban J connectivity index is 0.00000267. The molecule has 1 fully saturated rings. The number of carbonyl (C=O) groups is 1. The first-order valence-electron chi connectivity index (χ1n) is 14.4. The van der Waals surface area contributed by atoms with Crippen molar-refractivity contribution in [1.29, 1.82) is 0 Å². The minimum Gasteiger partial charge on any atom is -0.458 e. The average Bonchev–Trinajstić information content (AvgIpc) is 3.15. The first kappa shape index (κ1) is 40.9. The van der Waals surface area contributed by atoms with Crippen molar-refractivity contribution >= 4 is 5.97 Å². The first-order valence-corrected chi connectivity index (χ1v) is 14.4. The van der Waals surface area contributed by atoms with Gasteiger partial charge in [0, 0.05) is 145 Å². The Bertz CT molecular complexity index is 1020. The SMILES string of the molecule is C=C(CC[C@@H](C)[C@H]1CC=C2C3=C(C(O)C(OC(C)=O)[C@@]21C)C1(C)CC(O)C(O)C(C)(C)C1CC3)C(C)C.[Ac].[Ac].[Ac]. The summed E-state index contributed by atoms with van der Waals surface area (Å²) in [7, 11) is 0. The van der Waals surface area contributed by atoms with Gasteiger partial charge in [-0.1, -0.05) is 66.7 Å². The normalized spacial score (nSPS) is 38.4. The van der Waals surface area contributed by atoms with Crippen LogP contribution in [0.5, 0.6) is 0 Å². The van der Waals surface area contributed by atoms with E-state index in [2.05, 4.69) is 47.3 Å². The van der Waals surface area contributed by atoms with Gasteiger partial charge in [0.2, 0.25) is 0 Å². The molecule has 3 N–H and O–H groups in total. The van der Waals surface area contributed by atoms with Gasteiger partial charge in [-0.2, -0.15) is 0 Å². The molecule has 4 aliphatic rings.